The summed E-state index contributed by atoms with van der Waals surface area (Å²) < 4.78 is 24.2. The summed E-state index contributed by atoms with van der Waals surface area (Å²) in [5.74, 6) is 0.841. The van der Waals surface area contributed by atoms with E-state index in [2.05, 4.69) is 0 Å². The van der Waals surface area contributed by atoms with Crippen LogP contribution in [0, 0.1) is 5.82 Å². The molecule has 0 saturated carbocycles. The van der Waals surface area contributed by atoms with Crippen LogP contribution in [0.2, 0.25) is 0 Å². The van der Waals surface area contributed by atoms with Gasteiger partial charge in [-0.05, 0) is 48.2 Å². The lowest BCUT2D eigenvalue weighted by atomic mass is 9.86. The Labute approximate surface area is 122 Å². The van der Waals surface area contributed by atoms with E-state index >= 15 is 0 Å². The monoisotopic (exact) mass is 288 g/mol. The Morgan fingerprint density at radius 2 is 1.76 bits per heavy atom. The number of ether oxygens (including phenoxy) is 2. The van der Waals surface area contributed by atoms with Crippen molar-refractivity contribution in [2.75, 3.05) is 14.2 Å². The van der Waals surface area contributed by atoms with Gasteiger partial charge in [-0.25, -0.2) is 4.39 Å². The fraction of sp³-hybridized carbons (Fsp3) is 0.294. The van der Waals surface area contributed by atoms with Gasteiger partial charge in [-0.15, -0.1) is 0 Å². The summed E-state index contributed by atoms with van der Waals surface area (Å²) in [6.45, 7) is 0. The van der Waals surface area contributed by atoms with E-state index in [9.17, 15) is 9.50 Å². The molecule has 1 unspecified atom stereocenters. The smallest absolute Gasteiger partial charge is 0.129 e. The van der Waals surface area contributed by atoms with E-state index in [1.165, 1.54) is 12.1 Å². The minimum absolute atomic E-state index is 0.287. The summed E-state index contributed by atoms with van der Waals surface area (Å²) in [5.41, 5.74) is 0.915. The number of fused-ring (bicyclic) bond motifs is 1. The van der Waals surface area contributed by atoms with Crippen LogP contribution in [0.15, 0.2) is 36.4 Å². The highest BCUT2D eigenvalue weighted by Gasteiger charge is 2.42. The number of aryl methyl sites for hydroxylation is 1. The van der Waals surface area contributed by atoms with Crippen LogP contribution in [0.3, 0.4) is 0 Å². The number of rotatable bonds is 3. The number of aliphatic hydroxyl groups is 1. The molecule has 0 aliphatic heterocycles. The Morgan fingerprint density at radius 3 is 2.38 bits per heavy atom. The molecule has 21 heavy (non-hydrogen) atoms. The van der Waals surface area contributed by atoms with Gasteiger partial charge in [0.15, 0.2) is 0 Å². The van der Waals surface area contributed by atoms with Crippen molar-refractivity contribution in [3.63, 3.8) is 0 Å². The standard InChI is InChI=1S/C17H17FO3/c1-20-14-4-3-5-15(21-2)16(14)17(19)9-8-11-10-12(18)6-7-13(11)17/h3-7,10,19H,8-9H2,1-2H3. The molecule has 0 aromatic heterocycles. The number of halogens is 1. The number of benzene rings is 2. The Hall–Kier alpha value is -2.07. The molecule has 4 heteroatoms. The molecular formula is C17H17FO3. The van der Waals surface area contributed by atoms with Crippen LogP contribution in [-0.2, 0) is 12.0 Å². The van der Waals surface area contributed by atoms with Crippen LogP contribution in [0.4, 0.5) is 4.39 Å². The first-order valence-corrected chi connectivity index (χ1v) is 6.83. The van der Waals surface area contributed by atoms with Crippen molar-refractivity contribution in [1.29, 1.82) is 0 Å². The number of methoxy groups -OCH3 is 2. The molecule has 2 aromatic carbocycles. The summed E-state index contributed by atoms with van der Waals surface area (Å²) in [6, 6.07) is 9.88. The van der Waals surface area contributed by atoms with E-state index in [0.717, 1.165) is 5.56 Å². The number of hydrogen-bond acceptors (Lipinski definition) is 3. The highest BCUT2D eigenvalue weighted by molar-refractivity contribution is 5.56. The molecule has 0 radical (unpaired) electrons. The van der Waals surface area contributed by atoms with E-state index < -0.39 is 5.60 Å². The van der Waals surface area contributed by atoms with Crippen LogP contribution in [-0.4, -0.2) is 19.3 Å². The van der Waals surface area contributed by atoms with Crippen molar-refractivity contribution in [3.05, 3.63) is 58.9 Å². The van der Waals surface area contributed by atoms with Crippen LogP contribution < -0.4 is 9.47 Å². The van der Waals surface area contributed by atoms with Gasteiger partial charge >= 0.3 is 0 Å². The Balaban J connectivity index is 2.22. The van der Waals surface area contributed by atoms with Crippen LogP contribution >= 0.6 is 0 Å². The van der Waals surface area contributed by atoms with Crippen molar-refractivity contribution in [3.8, 4) is 11.5 Å². The molecule has 0 fully saturated rings. The molecule has 2 aromatic rings. The van der Waals surface area contributed by atoms with Gasteiger partial charge in [-0.1, -0.05) is 12.1 Å². The van der Waals surface area contributed by atoms with E-state index in [1.807, 2.05) is 6.07 Å². The molecule has 1 aliphatic carbocycles. The topological polar surface area (TPSA) is 38.7 Å². The van der Waals surface area contributed by atoms with Crippen molar-refractivity contribution in [2.24, 2.45) is 0 Å². The van der Waals surface area contributed by atoms with Crippen molar-refractivity contribution < 1.29 is 19.0 Å². The van der Waals surface area contributed by atoms with Crippen LogP contribution in [0.25, 0.3) is 0 Å². The third kappa shape index (κ3) is 2.07. The summed E-state index contributed by atoms with van der Waals surface area (Å²) in [5, 5.41) is 11.2. The maximum absolute atomic E-state index is 13.4. The average molecular weight is 288 g/mol. The molecule has 0 bridgehead atoms. The van der Waals surface area contributed by atoms with Crippen LogP contribution in [0.5, 0.6) is 11.5 Å². The van der Waals surface area contributed by atoms with Gasteiger partial charge in [0, 0.05) is 0 Å². The fourth-order valence-corrected chi connectivity index (χ4v) is 3.14. The van der Waals surface area contributed by atoms with Gasteiger partial charge in [-0.3, -0.25) is 0 Å². The molecule has 3 nitrogen and oxygen atoms in total. The summed E-state index contributed by atoms with van der Waals surface area (Å²) in [6.07, 6.45) is 1.09. The molecule has 1 atom stereocenters. The molecule has 3 rings (SSSR count). The Morgan fingerprint density at radius 1 is 1.10 bits per heavy atom. The fourth-order valence-electron chi connectivity index (χ4n) is 3.14. The molecular weight excluding hydrogens is 271 g/mol. The lowest BCUT2D eigenvalue weighted by Gasteiger charge is -2.28. The molecule has 1 aliphatic rings. The van der Waals surface area contributed by atoms with E-state index in [1.54, 1.807) is 32.4 Å². The van der Waals surface area contributed by atoms with Gasteiger partial charge in [0.1, 0.15) is 22.9 Å². The first-order valence-electron chi connectivity index (χ1n) is 6.83. The maximum atomic E-state index is 13.4. The first-order chi connectivity index (χ1) is 10.1. The second-order valence-electron chi connectivity index (χ2n) is 5.20. The Kier molecular flexibility index (Phi) is 3.33. The molecule has 0 saturated heterocycles. The minimum Gasteiger partial charge on any atom is -0.496 e. The van der Waals surface area contributed by atoms with E-state index in [-0.39, 0.29) is 5.82 Å². The zero-order chi connectivity index (χ0) is 15.0. The van der Waals surface area contributed by atoms with Gasteiger partial charge in [-0.2, -0.15) is 0 Å². The largest absolute Gasteiger partial charge is 0.496 e. The highest BCUT2D eigenvalue weighted by Crippen LogP contribution is 2.48. The lowest BCUT2D eigenvalue weighted by molar-refractivity contribution is 0.0769. The molecule has 1 N–H and O–H groups in total. The van der Waals surface area contributed by atoms with E-state index in [4.69, 9.17) is 9.47 Å². The maximum Gasteiger partial charge on any atom is 0.129 e. The highest BCUT2D eigenvalue weighted by atomic mass is 19.1. The van der Waals surface area contributed by atoms with Gasteiger partial charge in [0.25, 0.3) is 0 Å². The molecule has 0 spiro atoms. The zero-order valence-corrected chi connectivity index (χ0v) is 12.0. The lowest BCUT2D eigenvalue weighted by Crippen LogP contribution is -2.25. The molecule has 0 heterocycles. The summed E-state index contributed by atoms with van der Waals surface area (Å²) >= 11 is 0. The first kappa shape index (κ1) is 13.9. The van der Waals surface area contributed by atoms with Gasteiger partial charge < -0.3 is 14.6 Å². The van der Waals surface area contributed by atoms with E-state index in [0.29, 0.717) is 35.5 Å². The zero-order valence-electron chi connectivity index (χ0n) is 12.0. The van der Waals surface area contributed by atoms with Crippen LogP contribution in [0.1, 0.15) is 23.1 Å². The predicted molar refractivity (Wildman–Crippen MR) is 77.3 cm³/mol. The summed E-state index contributed by atoms with van der Waals surface area (Å²) in [4.78, 5) is 0. The van der Waals surface area contributed by atoms with Crippen molar-refractivity contribution in [1.82, 2.24) is 0 Å². The molecule has 0 amide bonds. The third-order valence-corrected chi connectivity index (χ3v) is 4.11. The predicted octanol–water partition coefficient (Wildman–Crippen LogP) is 3.03. The van der Waals surface area contributed by atoms with Crippen molar-refractivity contribution >= 4 is 0 Å². The third-order valence-electron chi connectivity index (χ3n) is 4.11. The normalized spacial score (nSPS) is 20.2. The van der Waals surface area contributed by atoms with Crippen molar-refractivity contribution in [2.45, 2.75) is 18.4 Å². The molecule has 110 valence electrons. The average Bonchev–Trinajstić information content (AvgIpc) is 2.83. The SMILES string of the molecule is COc1cccc(OC)c1C1(O)CCc2cc(F)ccc21. The number of hydrogen-bond donors (Lipinski definition) is 1. The second-order valence-corrected chi connectivity index (χ2v) is 5.20. The quantitative estimate of drug-likeness (QED) is 0.943. The van der Waals surface area contributed by atoms with Gasteiger partial charge in [0.2, 0.25) is 0 Å². The minimum atomic E-state index is -1.22. The summed E-state index contributed by atoms with van der Waals surface area (Å²) in [7, 11) is 3.12. The second kappa shape index (κ2) is 5.04. The Bertz CT molecular complexity index is 661. The van der Waals surface area contributed by atoms with Gasteiger partial charge in [0.05, 0.1) is 19.8 Å².